The molecule has 5 N–H and O–H groups in total. The average molecular weight is 653 g/mol. The molecule has 46 heavy (non-hydrogen) atoms. The van der Waals surface area contributed by atoms with Crippen LogP contribution in [-0.2, 0) is 12.8 Å². The van der Waals surface area contributed by atoms with Crippen LogP contribution in [0.2, 0.25) is 0 Å². The Morgan fingerprint density at radius 3 is 2.02 bits per heavy atom. The van der Waals surface area contributed by atoms with Crippen LogP contribution >= 0.6 is 22.7 Å². The number of aromatic nitrogens is 2. The zero-order chi connectivity index (χ0) is 31.9. The summed E-state index contributed by atoms with van der Waals surface area (Å²) in [5.74, 6) is 2.42. The Morgan fingerprint density at radius 1 is 0.870 bits per heavy atom. The van der Waals surface area contributed by atoms with Crippen LogP contribution in [0.4, 0.5) is 17.5 Å². The first kappa shape index (κ1) is 34.0. The number of nitrogens with two attached hydrogens (primary N) is 2. The van der Waals surface area contributed by atoms with Crippen molar-refractivity contribution in [3.8, 4) is 23.3 Å². The molecule has 0 amide bonds. The molecule has 3 aromatic heterocycles. The molecule has 6 aromatic rings. The van der Waals surface area contributed by atoms with Crippen molar-refractivity contribution in [3.05, 3.63) is 93.8 Å². The fraction of sp³-hybridized carbons (Fsp3) is 0.250. The lowest BCUT2D eigenvalue weighted by atomic mass is 10.0. The third-order valence-electron chi connectivity index (χ3n) is 7.39. The number of hydrogen-bond acceptors (Lipinski definition) is 10. The van der Waals surface area contributed by atoms with Gasteiger partial charge in [0, 0.05) is 26.2 Å². The van der Waals surface area contributed by atoms with E-state index in [1.807, 2.05) is 36.4 Å². The van der Waals surface area contributed by atoms with Gasteiger partial charge in [-0.15, -0.1) is 22.7 Å². The van der Waals surface area contributed by atoms with Crippen LogP contribution in [0.1, 0.15) is 43.5 Å². The highest BCUT2D eigenvalue weighted by atomic mass is 32.1. The van der Waals surface area contributed by atoms with E-state index in [4.69, 9.17) is 20.9 Å². The van der Waals surface area contributed by atoms with Crippen LogP contribution in [0.25, 0.3) is 20.2 Å². The molecule has 8 nitrogen and oxygen atoms in total. The van der Waals surface area contributed by atoms with Gasteiger partial charge in [-0.25, -0.2) is 4.98 Å². The van der Waals surface area contributed by atoms with Gasteiger partial charge in [-0.1, -0.05) is 39.5 Å². The monoisotopic (exact) mass is 652 g/mol. The van der Waals surface area contributed by atoms with Gasteiger partial charge in [-0.2, -0.15) is 10.2 Å². The standard InChI is InChI=1S/C20H20N2OS.C15H16N4OS.CH4/c1-3-17-18-9-10-24-20(18)14(2)11-19(17)23-16(12-21)13-22-15-7-5-4-6-8-15;1-3-9-10-4-5-21-13(10)8(2)6-11(9)20-12-7-18-15(17)19-14(12)16;/h4-11,16,22H,3,13H2,1-2H3;4-7H,3H2,1-2H3,(H4,16,17,18,19);1H4. The summed E-state index contributed by atoms with van der Waals surface area (Å²) >= 11 is 3.49. The van der Waals surface area contributed by atoms with Crippen molar-refractivity contribution in [3.63, 3.8) is 0 Å². The molecule has 0 fully saturated rings. The second kappa shape index (κ2) is 15.4. The number of ether oxygens (including phenoxy) is 2. The van der Waals surface area contributed by atoms with E-state index < -0.39 is 6.10 Å². The first-order chi connectivity index (χ1) is 21.8. The predicted molar refractivity (Wildman–Crippen MR) is 195 cm³/mol. The summed E-state index contributed by atoms with van der Waals surface area (Å²) in [4.78, 5) is 7.85. The highest BCUT2D eigenvalue weighted by Gasteiger charge is 2.16. The molecule has 3 heterocycles. The number of benzene rings is 3. The molecule has 238 valence electrons. The Hall–Kier alpha value is -4.85. The summed E-state index contributed by atoms with van der Waals surface area (Å²) in [5.41, 5.74) is 17.0. The second-order valence-electron chi connectivity index (χ2n) is 10.4. The van der Waals surface area contributed by atoms with E-state index in [2.05, 4.69) is 78.0 Å². The van der Waals surface area contributed by atoms with Crippen LogP contribution in [0.15, 0.2) is 71.6 Å². The summed E-state index contributed by atoms with van der Waals surface area (Å²) in [6.07, 6.45) is 2.72. The van der Waals surface area contributed by atoms with E-state index in [0.717, 1.165) is 35.6 Å². The number of thiophene rings is 2. The Kier molecular flexibility index (Phi) is 11.4. The summed E-state index contributed by atoms with van der Waals surface area (Å²) in [7, 11) is 0. The molecule has 0 bridgehead atoms. The maximum absolute atomic E-state index is 9.46. The zero-order valence-electron chi connectivity index (χ0n) is 25.8. The molecule has 0 aliphatic rings. The number of hydrogen-bond donors (Lipinski definition) is 3. The van der Waals surface area contributed by atoms with E-state index in [-0.39, 0.29) is 19.2 Å². The fourth-order valence-electron chi connectivity index (χ4n) is 5.22. The third-order valence-corrected chi connectivity index (χ3v) is 9.49. The predicted octanol–water partition coefficient (Wildman–Crippen LogP) is 9.31. The van der Waals surface area contributed by atoms with Gasteiger partial charge in [-0.05, 0) is 95.7 Å². The van der Waals surface area contributed by atoms with Crippen molar-refractivity contribution >= 4 is 60.3 Å². The Morgan fingerprint density at radius 2 is 1.46 bits per heavy atom. The molecular formula is C36H40N6O2S2. The van der Waals surface area contributed by atoms with Gasteiger partial charge in [0.1, 0.15) is 17.6 Å². The number of rotatable bonds is 9. The number of para-hydroxylation sites is 1. The van der Waals surface area contributed by atoms with Crippen molar-refractivity contribution in [1.29, 1.82) is 5.26 Å². The summed E-state index contributed by atoms with van der Waals surface area (Å²) in [6.45, 7) is 8.85. The van der Waals surface area contributed by atoms with Crippen molar-refractivity contribution in [2.45, 2.75) is 54.1 Å². The number of aryl methyl sites for hydroxylation is 4. The number of fused-ring (bicyclic) bond motifs is 2. The molecule has 3 aromatic carbocycles. The number of nitrogens with zero attached hydrogens (tertiary/aromatic N) is 3. The van der Waals surface area contributed by atoms with Crippen LogP contribution in [0.3, 0.4) is 0 Å². The second-order valence-corrected chi connectivity index (χ2v) is 12.3. The van der Waals surface area contributed by atoms with Crippen LogP contribution < -0.4 is 26.3 Å². The van der Waals surface area contributed by atoms with Gasteiger partial charge >= 0.3 is 0 Å². The van der Waals surface area contributed by atoms with Crippen molar-refractivity contribution < 1.29 is 9.47 Å². The Bertz CT molecular complexity index is 1960. The molecule has 0 spiro atoms. The van der Waals surface area contributed by atoms with Gasteiger partial charge < -0.3 is 26.3 Å². The summed E-state index contributed by atoms with van der Waals surface area (Å²) in [6, 6.07) is 20.5. The fourth-order valence-corrected chi connectivity index (χ4v) is 7.03. The van der Waals surface area contributed by atoms with Gasteiger partial charge in [-0.3, -0.25) is 0 Å². The molecule has 0 aliphatic carbocycles. The van der Waals surface area contributed by atoms with E-state index in [1.165, 1.54) is 43.1 Å². The van der Waals surface area contributed by atoms with Crippen molar-refractivity contribution in [2.75, 3.05) is 23.3 Å². The lowest BCUT2D eigenvalue weighted by Crippen LogP contribution is -2.25. The lowest BCUT2D eigenvalue weighted by molar-refractivity contribution is 0.266. The molecule has 0 saturated carbocycles. The topological polar surface area (TPSA) is 132 Å². The lowest BCUT2D eigenvalue weighted by Gasteiger charge is -2.18. The number of anilines is 3. The molecule has 1 atom stereocenters. The summed E-state index contributed by atoms with van der Waals surface area (Å²) in [5, 5.41) is 19.4. The number of nitrogens with one attached hydrogen (secondary N) is 1. The van der Waals surface area contributed by atoms with Crippen LogP contribution in [-0.4, -0.2) is 22.6 Å². The van der Waals surface area contributed by atoms with E-state index >= 15 is 0 Å². The average Bonchev–Trinajstić information content (AvgIpc) is 3.73. The van der Waals surface area contributed by atoms with Gasteiger partial charge in [0.25, 0.3) is 0 Å². The molecule has 0 radical (unpaired) electrons. The highest BCUT2D eigenvalue weighted by Crippen LogP contribution is 2.38. The van der Waals surface area contributed by atoms with Gasteiger partial charge in [0.15, 0.2) is 11.6 Å². The van der Waals surface area contributed by atoms with E-state index in [9.17, 15) is 5.26 Å². The van der Waals surface area contributed by atoms with Crippen LogP contribution in [0.5, 0.6) is 17.2 Å². The maximum atomic E-state index is 9.46. The SMILES string of the molecule is C.CCc1c(OC(C#N)CNc2ccccc2)cc(C)c2sccc12.CCc1c(Oc2cnc(N)nc2N)cc(C)c2sccc12. The number of nitrogen functional groups attached to an aromatic ring is 2. The van der Waals surface area contributed by atoms with Gasteiger partial charge in [0.05, 0.1) is 12.7 Å². The zero-order valence-corrected chi connectivity index (χ0v) is 27.4. The highest BCUT2D eigenvalue weighted by molar-refractivity contribution is 7.17. The van der Waals surface area contributed by atoms with E-state index in [0.29, 0.717) is 12.3 Å². The molecule has 1 unspecified atom stereocenters. The largest absolute Gasteiger partial charge is 0.473 e. The van der Waals surface area contributed by atoms with Crippen molar-refractivity contribution in [2.24, 2.45) is 0 Å². The normalized spacial score (nSPS) is 11.2. The first-order valence-electron chi connectivity index (χ1n) is 14.7. The molecule has 10 heteroatoms. The Balaban J connectivity index is 0.000000206. The summed E-state index contributed by atoms with van der Waals surface area (Å²) < 4.78 is 14.6. The first-order valence-corrected chi connectivity index (χ1v) is 16.5. The smallest absolute Gasteiger partial charge is 0.222 e. The minimum atomic E-state index is -0.536. The minimum Gasteiger partial charge on any atom is -0.473 e. The van der Waals surface area contributed by atoms with Gasteiger partial charge in [0.2, 0.25) is 12.1 Å². The number of nitriles is 1. The van der Waals surface area contributed by atoms with Crippen LogP contribution in [0, 0.1) is 25.2 Å². The molecule has 0 aliphatic heterocycles. The molecule has 6 rings (SSSR count). The third kappa shape index (κ3) is 7.50. The minimum absolute atomic E-state index is 0. The Labute approximate surface area is 278 Å². The quantitative estimate of drug-likeness (QED) is 0.141. The van der Waals surface area contributed by atoms with E-state index in [1.54, 1.807) is 22.7 Å². The molecule has 0 saturated heterocycles. The molecular weight excluding hydrogens is 613 g/mol. The maximum Gasteiger partial charge on any atom is 0.222 e. The van der Waals surface area contributed by atoms with Crippen molar-refractivity contribution in [1.82, 2.24) is 9.97 Å².